The number of hydrogen-bond acceptors (Lipinski definition) is 2. The van der Waals surface area contributed by atoms with Gasteiger partial charge in [0.15, 0.2) is 0 Å². The fourth-order valence-corrected chi connectivity index (χ4v) is 3.97. The molecule has 0 aromatic rings. The topological polar surface area (TPSA) is 20.3 Å². The smallest absolute Gasteiger partial charge is 0.237 e. The Labute approximate surface area is 94.4 Å². The van der Waals surface area contributed by atoms with Gasteiger partial charge in [-0.3, -0.25) is 4.79 Å². The average molecular weight is 234 g/mol. The highest BCUT2D eigenvalue weighted by Crippen LogP contribution is 2.42. The molecule has 2 fully saturated rings. The molecular weight excluding hydrogens is 218 g/mol. The van der Waals surface area contributed by atoms with E-state index >= 15 is 0 Å². The van der Waals surface area contributed by atoms with Gasteiger partial charge >= 0.3 is 0 Å². The van der Waals surface area contributed by atoms with E-state index in [1.807, 2.05) is 16.7 Å². The van der Waals surface area contributed by atoms with Crippen molar-refractivity contribution < 1.29 is 4.79 Å². The number of nitrogens with zero attached hydrogens (tertiary/aromatic N) is 1. The molecule has 14 heavy (non-hydrogen) atoms. The summed E-state index contributed by atoms with van der Waals surface area (Å²) in [5.41, 5.74) is 0.451. The highest BCUT2D eigenvalue weighted by molar-refractivity contribution is 7.99. The van der Waals surface area contributed by atoms with Crippen LogP contribution >= 0.6 is 23.4 Å². The maximum atomic E-state index is 11.4. The molecule has 0 N–H and O–H groups in total. The molecule has 80 valence electrons. The lowest BCUT2D eigenvalue weighted by Crippen LogP contribution is -2.34. The number of carbonyl (C=O) groups is 1. The van der Waals surface area contributed by atoms with Crippen LogP contribution in [0.4, 0.5) is 0 Å². The number of rotatable bonds is 1. The van der Waals surface area contributed by atoms with Crippen molar-refractivity contribution in [3.8, 4) is 0 Å². The van der Waals surface area contributed by atoms with E-state index in [0.29, 0.717) is 5.41 Å². The molecule has 0 bridgehead atoms. The molecule has 0 aromatic heterocycles. The summed E-state index contributed by atoms with van der Waals surface area (Å²) < 4.78 is 0. The Morgan fingerprint density at radius 2 is 2.07 bits per heavy atom. The van der Waals surface area contributed by atoms with Crippen molar-refractivity contribution in [2.24, 2.45) is 5.41 Å². The van der Waals surface area contributed by atoms with Gasteiger partial charge in [0.05, 0.1) is 0 Å². The molecule has 0 unspecified atom stereocenters. The number of halogens is 1. The zero-order valence-electron chi connectivity index (χ0n) is 8.30. The van der Waals surface area contributed by atoms with Crippen molar-refractivity contribution in [2.45, 2.75) is 19.3 Å². The lowest BCUT2D eigenvalue weighted by molar-refractivity contribution is -0.127. The molecule has 0 aliphatic carbocycles. The maximum Gasteiger partial charge on any atom is 0.237 e. The number of alkyl halides is 1. The van der Waals surface area contributed by atoms with Crippen molar-refractivity contribution in [2.75, 3.05) is 30.5 Å². The lowest BCUT2D eigenvalue weighted by atomic mass is 9.81. The Morgan fingerprint density at radius 3 is 2.71 bits per heavy atom. The maximum absolute atomic E-state index is 11.4. The molecule has 1 amide bonds. The Hall–Kier alpha value is 0.110. The first kappa shape index (κ1) is 10.6. The highest BCUT2D eigenvalue weighted by Gasteiger charge is 2.40. The first-order valence-electron chi connectivity index (χ1n) is 5.17. The molecule has 2 aliphatic heterocycles. The SMILES string of the molecule is O=C(CCl)N1CCC2(CCSCC2)C1. The van der Waals surface area contributed by atoms with E-state index in [1.165, 1.54) is 30.8 Å². The van der Waals surface area contributed by atoms with Crippen LogP contribution < -0.4 is 0 Å². The molecule has 0 saturated carbocycles. The molecular formula is C10H16ClNOS. The first-order chi connectivity index (χ1) is 6.76. The molecule has 2 saturated heterocycles. The summed E-state index contributed by atoms with van der Waals surface area (Å²) in [6, 6.07) is 0. The second-order valence-corrected chi connectivity index (χ2v) is 5.80. The minimum Gasteiger partial charge on any atom is -0.341 e. The monoisotopic (exact) mass is 233 g/mol. The van der Waals surface area contributed by atoms with Crippen LogP contribution in [0.1, 0.15) is 19.3 Å². The van der Waals surface area contributed by atoms with Crippen LogP contribution in [0, 0.1) is 5.41 Å². The Balaban J connectivity index is 1.95. The van der Waals surface area contributed by atoms with Gasteiger partial charge in [-0.15, -0.1) is 11.6 Å². The van der Waals surface area contributed by atoms with Crippen molar-refractivity contribution in [3.63, 3.8) is 0 Å². The van der Waals surface area contributed by atoms with E-state index in [1.54, 1.807) is 0 Å². The molecule has 2 rings (SSSR count). The molecule has 2 heterocycles. The summed E-state index contributed by atoms with van der Waals surface area (Å²) in [7, 11) is 0. The summed E-state index contributed by atoms with van der Waals surface area (Å²) in [5.74, 6) is 2.79. The van der Waals surface area contributed by atoms with Gasteiger partial charge in [-0.1, -0.05) is 0 Å². The molecule has 4 heteroatoms. The zero-order chi connectivity index (χ0) is 10.0. The number of hydrogen-bond donors (Lipinski definition) is 0. The second kappa shape index (κ2) is 4.31. The largest absolute Gasteiger partial charge is 0.341 e. The summed E-state index contributed by atoms with van der Waals surface area (Å²) >= 11 is 7.61. The van der Waals surface area contributed by atoms with E-state index in [-0.39, 0.29) is 11.8 Å². The average Bonchev–Trinajstić information content (AvgIpc) is 2.62. The molecule has 1 spiro atoms. The molecule has 2 aliphatic rings. The lowest BCUT2D eigenvalue weighted by Gasteiger charge is -2.32. The predicted octanol–water partition coefficient (Wildman–Crippen LogP) is 1.97. The second-order valence-electron chi connectivity index (χ2n) is 4.31. The van der Waals surface area contributed by atoms with E-state index in [9.17, 15) is 4.79 Å². The summed E-state index contributed by atoms with van der Waals surface area (Å²) in [4.78, 5) is 13.4. The van der Waals surface area contributed by atoms with Crippen LogP contribution in [0.3, 0.4) is 0 Å². The Kier molecular flexibility index (Phi) is 3.27. The van der Waals surface area contributed by atoms with Gasteiger partial charge in [0.2, 0.25) is 5.91 Å². The standard InChI is InChI=1S/C10H16ClNOS/c11-7-9(13)12-4-1-10(8-12)2-5-14-6-3-10/h1-8H2. The van der Waals surface area contributed by atoms with Gasteiger partial charge in [0.1, 0.15) is 5.88 Å². The molecule has 0 radical (unpaired) electrons. The minimum atomic E-state index is 0.113. The molecule has 0 aromatic carbocycles. The summed E-state index contributed by atoms with van der Waals surface area (Å²) in [5, 5.41) is 0. The zero-order valence-corrected chi connectivity index (χ0v) is 9.87. The van der Waals surface area contributed by atoms with E-state index < -0.39 is 0 Å². The number of carbonyl (C=O) groups excluding carboxylic acids is 1. The predicted molar refractivity (Wildman–Crippen MR) is 60.9 cm³/mol. The normalized spacial score (nSPS) is 25.6. The first-order valence-corrected chi connectivity index (χ1v) is 6.86. The van der Waals surface area contributed by atoms with Gasteiger partial charge in [0.25, 0.3) is 0 Å². The van der Waals surface area contributed by atoms with Gasteiger partial charge in [-0.2, -0.15) is 11.8 Å². The third kappa shape index (κ3) is 2.03. The van der Waals surface area contributed by atoms with E-state index in [0.717, 1.165) is 13.1 Å². The third-order valence-electron chi connectivity index (χ3n) is 3.46. The number of amides is 1. The third-order valence-corrected chi connectivity index (χ3v) is 4.67. The summed E-state index contributed by atoms with van der Waals surface area (Å²) in [6.07, 6.45) is 3.75. The van der Waals surface area contributed by atoms with Crippen molar-refractivity contribution >= 4 is 29.3 Å². The van der Waals surface area contributed by atoms with E-state index in [2.05, 4.69) is 0 Å². The van der Waals surface area contributed by atoms with Crippen LogP contribution in [-0.4, -0.2) is 41.3 Å². The number of likely N-dealkylation sites (tertiary alicyclic amines) is 1. The highest BCUT2D eigenvalue weighted by atomic mass is 35.5. The van der Waals surface area contributed by atoms with Gasteiger partial charge in [0, 0.05) is 13.1 Å². The van der Waals surface area contributed by atoms with Crippen LogP contribution in [-0.2, 0) is 4.79 Å². The van der Waals surface area contributed by atoms with Crippen molar-refractivity contribution in [3.05, 3.63) is 0 Å². The van der Waals surface area contributed by atoms with Crippen molar-refractivity contribution in [1.82, 2.24) is 4.90 Å². The fraction of sp³-hybridized carbons (Fsp3) is 0.900. The number of thioether (sulfide) groups is 1. The van der Waals surface area contributed by atoms with Crippen LogP contribution in [0.25, 0.3) is 0 Å². The Morgan fingerprint density at radius 1 is 1.36 bits per heavy atom. The summed E-state index contributed by atoms with van der Waals surface area (Å²) in [6.45, 7) is 1.88. The van der Waals surface area contributed by atoms with Crippen LogP contribution in [0.2, 0.25) is 0 Å². The molecule has 0 atom stereocenters. The van der Waals surface area contributed by atoms with Gasteiger partial charge < -0.3 is 4.90 Å². The quantitative estimate of drug-likeness (QED) is 0.646. The molecule has 2 nitrogen and oxygen atoms in total. The fourth-order valence-electron chi connectivity index (χ4n) is 2.45. The minimum absolute atomic E-state index is 0.113. The van der Waals surface area contributed by atoms with E-state index in [4.69, 9.17) is 11.6 Å². The van der Waals surface area contributed by atoms with Gasteiger partial charge in [-0.05, 0) is 36.2 Å². The van der Waals surface area contributed by atoms with Crippen molar-refractivity contribution in [1.29, 1.82) is 0 Å². The van der Waals surface area contributed by atoms with Crippen LogP contribution in [0.15, 0.2) is 0 Å². The van der Waals surface area contributed by atoms with Gasteiger partial charge in [-0.25, -0.2) is 0 Å². The van der Waals surface area contributed by atoms with Crippen LogP contribution in [0.5, 0.6) is 0 Å². The Bertz CT molecular complexity index is 228.